The highest BCUT2D eigenvalue weighted by molar-refractivity contribution is 5.54. The number of carbonyl (C=O) groups excluding carboxylic acids is 1. The second-order valence-electron chi connectivity index (χ2n) is 6.43. The van der Waals surface area contributed by atoms with Gasteiger partial charge in [-0.25, -0.2) is 0 Å². The standard InChI is InChI=1S/C18H24O3/c1-13(2)7-8-18(4,10-14(3)11-19)15-5-6-16-17(9-15)21-12-20-16/h5-7,9,11,14H,8,10,12H2,1-4H3. The van der Waals surface area contributed by atoms with Gasteiger partial charge in [0.1, 0.15) is 6.29 Å². The zero-order valence-corrected chi connectivity index (χ0v) is 13.3. The van der Waals surface area contributed by atoms with Crippen LogP contribution < -0.4 is 9.47 Å². The summed E-state index contributed by atoms with van der Waals surface area (Å²) in [7, 11) is 0. The van der Waals surface area contributed by atoms with Gasteiger partial charge in [0.05, 0.1) is 0 Å². The van der Waals surface area contributed by atoms with Crippen LogP contribution in [0.25, 0.3) is 0 Å². The summed E-state index contributed by atoms with van der Waals surface area (Å²) in [5.41, 5.74) is 2.40. The van der Waals surface area contributed by atoms with Gasteiger partial charge in [0.15, 0.2) is 11.5 Å². The Kier molecular flexibility index (Phi) is 4.71. The molecule has 0 fully saturated rings. The molecule has 0 aliphatic carbocycles. The van der Waals surface area contributed by atoms with Gasteiger partial charge in [-0.1, -0.05) is 31.6 Å². The molecule has 3 heteroatoms. The van der Waals surface area contributed by atoms with Crippen LogP contribution in [-0.4, -0.2) is 13.1 Å². The summed E-state index contributed by atoms with van der Waals surface area (Å²) < 4.78 is 10.9. The lowest BCUT2D eigenvalue weighted by Crippen LogP contribution is -2.25. The number of hydrogen-bond acceptors (Lipinski definition) is 3. The van der Waals surface area contributed by atoms with Crippen LogP contribution in [0.3, 0.4) is 0 Å². The van der Waals surface area contributed by atoms with Gasteiger partial charge < -0.3 is 14.3 Å². The molecule has 1 heterocycles. The van der Waals surface area contributed by atoms with Gasteiger partial charge in [0.25, 0.3) is 0 Å². The molecule has 2 atom stereocenters. The van der Waals surface area contributed by atoms with Crippen molar-refractivity contribution in [2.75, 3.05) is 6.79 Å². The lowest BCUT2D eigenvalue weighted by Gasteiger charge is -2.31. The largest absolute Gasteiger partial charge is 0.454 e. The molecule has 0 aromatic heterocycles. The lowest BCUT2D eigenvalue weighted by atomic mass is 9.73. The zero-order valence-electron chi connectivity index (χ0n) is 13.3. The molecular formula is C18H24O3. The van der Waals surface area contributed by atoms with Crippen LogP contribution in [0, 0.1) is 5.92 Å². The highest BCUT2D eigenvalue weighted by atomic mass is 16.7. The smallest absolute Gasteiger partial charge is 0.231 e. The summed E-state index contributed by atoms with van der Waals surface area (Å²) >= 11 is 0. The first kappa shape index (κ1) is 15.6. The number of allylic oxidation sites excluding steroid dienone is 2. The van der Waals surface area contributed by atoms with Gasteiger partial charge in [0, 0.05) is 5.92 Å². The minimum absolute atomic E-state index is 0.0333. The van der Waals surface area contributed by atoms with Crippen LogP contribution in [0.4, 0.5) is 0 Å². The van der Waals surface area contributed by atoms with Crippen molar-refractivity contribution >= 4 is 6.29 Å². The van der Waals surface area contributed by atoms with E-state index in [1.807, 2.05) is 13.0 Å². The van der Waals surface area contributed by atoms with Gasteiger partial charge >= 0.3 is 0 Å². The third-order valence-electron chi connectivity index (χ3n) is 4.04. The molecule has 0 saturated heterocycles. The van der Waals surface area contributed by atoms with Crippen LogP contribution in [-0.2, 0) is 10.2 Å². The first-order valence-electron chi connectivity index (χ1n) is 7.43. The van der Waals surface area contributed by atoms with Crippen molar-refractivity contribution in [3.63, 3.8) is 0 Å². The minimum Gasteiger partial charge on any atom is -0.454 e. The molecular weight excluding hydrogens is 264 g/mol. The van der Waals surface area contributed by atoms with Crippen LogP contribution in [0.5, 0.6) is 11.5 Å². The molecule has 3 nitrogen and oxygen atoms in total. The fourth-order valence-electron chi connectivity index (χ4n) is 2.78. The van der Waals surface area contributed by atoms with Crippen molar-refractivity contribution < 1.29 is 14.3 Å². The Morgan fingerprint density at radius 1 is 1.33 bits per heavy atom. The summed E-state index contributed by atoms with van der Waals surface area (Å²) in [6.07, 6.45) is 5.00. The van der Waals surface area contributed by atoms with Crippen LogP contribution in [0.2, 0.25) is 0 Å². The summed E-state index contributed by atoms with van der Waals surface area (Å²) in [5.74, 6) is 1.63. The summed E-state index contributed by atoms with van der Waals surface area (Å²) in [6, 6.07) is 6.10. The van der Waals surface area contributed by atoms with E-state index in [9.17, 15) is 4.79 Å². The average molecular weight is 288 g/mol. The van der Waals surface area contributed by atoms with E-state index in [1.54, 1.807) is 0 Å². The molecule has 0 saturated carbocycles. The molecule has 2 unspecified atom stereocenters. The number of ether oxygens (including phenoxy) is 2. The molecule has 1 aromatic carbocycles. The minimum atomic E-state index is -0.0847. The third-order valence-corrected chi connectivity index (χ3v) is 4.04. The summed E-state index contributed by atoms with van der Waals surface area (Å²) in [6.45, 7) is 8.67. The molecule has 114 valence electrons. The molecule has 2 rings (SSSR count). The van der Waals surface area contributed by atoms with E-state index in [2.05, 4.69) is 39.0 Å². The second kappa shape index (κ2) is 6.33. The predicted octanol–water partition coefficient (Wildman–Crippen LogP) is 4.25. The second-order valence-corrected chi connectivity index (χ2v) is 6.43. The van der Waals surface area contributed by atoms with E-state index >= 15 is 0 Å². The first-order chi connectivity index (χ1) is 9.94. The summed E-state index contributed by atoms with van der Waals surface area (Å²) in [4.78, 5) is 11.1. The van der Waals surface area contributed by atoms with E-state index in [1.165, 1.54) is 11.1 Å². The normalized spacial score (nSPS) is 17.0. The van der Waals surface area contributed by atoms with E-state index in [0.717, 1.165) is 30.6 Å². The third kappa shape index (κ3) is 3.66. The molecule has 0 amide bonds. The van der Waals surface area contributed by atoms with Crippen molar-refractivity contribution in [1.29, 1.82) is 0 Å². The molecule has 0 spiro atoms. The zero-order chi connectivity index (χ0) is 15.5. The number of carbonyl (C=O) groups is 1. The highest BCUT2D eigenvalue weighted by Gasteiger charge is 2.29. The van der Waals surface area contributed by atoms with Gasteiger partial charge in [-0.2, -0.15) is 0 Å². The molecule has 1 aliphatic heterocycles. The Hall–Kier alpha value is -1.77. The molecule has 0 bridgehead atoms. The number of benzene rings is 1. The molecule has 1 aromatic rings. The van der Waals surface area contributed by atoms with Gasteiger partial charge in [0.2, 0.25) is 6.79 Å². The number of fused-ring (bicyclic) bond motifs is 1. The predicted molar refractivity (Wildman–Crippen MR) is 83.8 cm³/mol. The maximum Gasteiger partial charge on any atom is 0.231 e. The van der Waals surface area contributed by atoms with Gasteiger partial charge in [-0.05, 0) is 49.8 Å². The van der Waals surface area contributed by atoms with Crippen LogP contribution in [0.15, 0.2) is 29.8 Å². The molecule has 0 N–H and O–H groups in total. The van der Waals surface area contributed by atoms with E-state index in [0.29, 0.717) is 0 Å². The Bertz CT molecular complexity index is 543. The summed E-state index contributed by atoms with van der Waals surface area (Å²) in [5, 5.41) is 0. The molecule has 1 aliphatic rings. The number of aldehydes is 1. The monoisotopic (exact) mass is 288 g/mol. The Morgan fingerprint density at radius 2 is 2.05 bits per heavy atom. The Morgan fingerprint density at radius 3 is 2.71 bits per heavy atom. The van der Waals surface area contributed by atoms with Crippen molar-refractivity contribution in [2.45, 2.75) is 46.0 Å². The topological polar surface area (TPSA) is 35.5 Å². The van der Waals surface area contributed by atoms with Crippen molar-refractivity contribution in [1.82, 2.24) is 0 Å². The lowest BCUT2D eigenvalue weighted by molar-refractivity contribution is -0.111. The van der Waals surface area contributed by atoms with Crippen molar-refractivity contribution in [3.05, 3.63) is 35.4 Å². The van der Waals surface area contributed by atoms with E-state index in [4.69, 9.17) is 9.47 Å². The molecule has 21 heavy (non-hydrogen) atoms. The quantitative estimate of drug-likeness (QED) is 0.579. The first-order valence-corrected chi connectivity index (χ1v) is 7.43. The fourth-order valence-corrected chi connectivity index (χ4v) is 2.78. The number of hydrogen-bond donors (Lipinski definition) is 0. The van der Waals surface area contributed by atoms with E-state index in [-0.39, 0.29) is 18.1 Å². The molecule has 0 radical (unpaired) electrons. The maximum absolute atomic E-state index is 11.1. The average Bonchev–Trinajstić information content (AvgIpc) is 2.92. The highest BCUT2D eigenvalue weighted by Crippen LogP contribution is 2.40. The maximum atomic E-state index is 11.1. The van der Waals surface area contributed by atoms with E-state index < -0.39 is 0 Å². The van der Waals surface area contributed by atoms with Gasteiger partial charge in [-0.3, -0.25) is 0 Å². The fraction of sp³-hybridized carbons (Fsp3) is 0.500. The number of rotatable bonds is 6. The van der Waals surface area contributed by atoms with Crippen molar-refractivity contribution in [2.24, 2.45) is 5.92 Å². The van der Waals surface area contributed by atoms with Crippen LogP contribution in [0.1, 0.15) is 46.1 Å². The Labute approximate surface area is 127 Å². The van der Waals surface area contributed by atoms with Gasteiger partial charge in [-0.15, -0.1) is 0 Å². The van der Waals surface area contributed by atoms with Crippen molar-refractivity contribution in [3.8, 4) is 11.5 Å². The van der Waals surface area contributed by atoms with Crippen LogP contribution >= 0.6 is 0 Å². The Balaban J connectivity index is 2.33. The SMILES string of the molecule is CC(C)=CCC(C)(CC(C)C=O)c1ccc2c(c1)OCO2.